The van der Waals surface area contributed by atoms with Gasteiger partial charge in [-0.15, -0.1) is 0 Å². The van der Waals surface area contributed by atoms with E-state index >= 15 is 0 Å². The molecule has 0 aromatic heterocycles. The molecule has 0 aromatic rings. The Bertz CT molecular complexity index is 423. The van der Waals surface area contributed by atoms with Crippen LogP contribution in [0, 0.1) is 0 Å². The second kappa shape index (κ2) is 5.70. The molecule has 0 N–H and O–H groups in total. The van der Waals surface area contributed by atoms with Gasteiger partial charge in [-0.2, -0.15) is 13.2 Å². The molecule has 12 heteroatoms. The van der Waals surface area contributed by atoms with Gasteiger partial charge in [-0.25, -0.2) is 21.1 Å². The monoisotopic (exact) mass is 277 g/mol. The van der Waals surface area contributed by atoms with Gasteiger partial charge in [-0.05, 0) is 0 Å². The van der Waals surface area contributed by atoms with E-state index in [4.69, 9.17) is 0 Å². The van der Waals surface area contributed by atoms with Crippen LogP contribution in [0.25, 0.3) is 4.13 Å². The van der Waals surface area contributed by atoms with Crippen molar-refractivity contribution in [3.63, 3.8) is 0 Å². The van der Waals surface area contributed by atoms with Crippen LogP contribution in [0.3, 0.4) is 0 Å². The molecule has 0 saturated heterocycles. The van der Waals surface area contributed by atoms with Crippen molar-refractivity contribution in [2.24, 2.45) is 0 Å². The van der Waals surface area contributed by atoms with E-state index in [1.807, 2.05) is 4.13 Å². The molecule has 0 aliphatic carbocycles. The third-order valence-corrected chi connectivity index (χ3v) is 4.49. The first kappa shape index (κ1) is 18.6. The molecule has 0 rings (SSSR count). The number of halogens is 3. The predicted octanol–water partition coefficient (Wildman–Crippen LogP) is -2.48. The second-order valence-electron chi connectivity index (χ2n) is 2.39. The second-order valence-corrected chi connectivity index (χ2v) is 5.92. The molecule has 94 valence electrons. The zero-order chi connectivity index (χ0) is 12.5. The summed E-state index contributed by atoms with van der Waals surface area (Å²) in [6.07, 6.45) is 0. The molecular formula is C4H9F3LiN2O4S2-. The first-order valence-corrected chi connectivity index (χ1v) is 6.29. The molecule has 0 aliphatic rings. The maximum atomic E-state index is 11.8. The number of alkyl halides is 3. The van der Waals surface area contributed by atoms with Crippen molar-refractivity contribution in [1.29, 1.82) is 0 Å². The van der Waals surface area contributed by atoms with Crippen LogP contribution in [0.15, 0.2) is 0 Å². The minimum absolute atomic E-state index is 0. The smallest absolute Gasteiger partial charge is 1.00 e. The number of nitrogens with zero attached hydrogens (tertiary/aromatic N) is 2. The van der Waals surface area contributed by atoms with Crippen molar-refractivity contribution in [1.82, 2.24) is 4.31 Å². The topological polar surface area (TPSA) is 85.6 Å². The van der Waals surface area contributed by atoms with E-state index in [1.54, 1.807) is 0 Å². The molecule has 0 saturated carbocycles. The number of rotatable bonds is 4. The molecule has 0 radical (unpaired) electrons. The minimum atomic E-state index is -6.02. The van der Waals surface area contributed by atoms with E-state index in [2.05, 4.69) is 0 Å². The van der Waals surface area contributed by atoms with Gasteiger partial charge in [0.15, 0.2) is 10.0 Å². The van der Waals surface area contributed by atoms with Crippen molar-refractivity contribution in [2.45, 2.75) is 12.4 Å². The molecule has 16 heavy (non-hydrogen) atoms. The van der Waals surface area contributed by atoms with Gasteiger partial charge in [0.2, 0.25) is 0 Å². The number of hydrogen-bond donors (Lipinski definition) is 0. The molecule has 0 amide bonds. The summed E-state index contributed by atoms with van der Waals surface area (Å²) in [6.45, 7) is 1.12. The Morgan fingerprint density at radius 3 is 1.88 bits per heavy atom. The van der Waals surface area contributed by atoms with Crippen LogP contribution in [0.2, 0.25) is 0 Å². The molecule has 0 aromatic carbocycles. The zero-order valence-corrected chi connectivity index (χ0v) is 10.3. The Labute approximate surface area is 105 Å². The fourth-order valence-corrected chi connectivity index (χ4v) is 2.50. The summed E-state index contributed by atoms with van der Waals surface area (Å²) < 4.78 is 80.1. The van der Waals surface area contributed by atoms with Crippen LogP contribution >= 0.6 is 0 Å². The Balaban J connectivity index is -0.000000980. The maximum absolute atomic E-state index is 11.8. The summed E-state index contributed by atoms with van der Waals surface area (Å²) in [7, 11) is -9.91. The van der Waals surface area contributed by atoms with Gasteiger partial charge in [0.05, 0.1) is 0 Å². The van der Waals surface area contributed by atoms with Gasteiger partial charge in [-0.1, -0.05) is 6.92 Å². The summed E-state index contributed by atoms with van der Waals surface area (Å²) in [5.74, 6) is 0. The fraction of sp³-hybridized carbons (Fsp3) is 1.00. The average Bonchev–Trinajstić information content (AvgIpc) is 1.98. The average molecular weight is 277 g/mol. The summed E-state index contributed by atoms with van der Waals surface area (Å²) in [5.41, 5.74) is -5.71. The van der Waals surface area contributed by atoms with Crippen LogP contribution in [-0.2, 0) is 20.2 Å². The van der Waals surface area contributed by atoms with Crippen molar-refractivity contribution < 1.29 is 50.3 Å². The first-order chi connectivity index (χ1) is 6.44. The summed E-state index contributed by atoms with van der Waals surface area (Å²) in [5, 5.41) is 0. The van der Waals surface area contributed by atoms with E-state index < -0.39 is 25.7 Å². The third-order valence-electron chi connectivity index (χ3n) is 1.32. The van der Waals surface area contributed by atoms with Crippen LogP contribution < -0.4 is 18.9 Å². The van der Waals surface area contributed by atoms with E-state index in [-0.39, 0.29) is 26.8 Å². The molecule has 0 fully saturated rings. The first-order valence-electron chi connectivity index (χ1n) is 3.46. The number of hydrogen-bond acceptors (Lipinski definition) is 4. The third kappa shape index (κ3) is 4.60. The molecule has 0 atom stereocenters. The van der Waals surface area contributed by atoms with E-state index in [9.17, 15) is 30.0 Å². The molecule has 0 heterocycles. The van der Waals surface area contributed by atoms with Crippen molar-refractivity contribution in [3.8, 4) is 0 Å². The normalized spacial score (nSPS) is 13.6. The van der Waals surface area contributed by atoms with Gasteiger partial charge in [0.1, 0.15) is 10.2 Å². The molecular weight excluding hydrogens is 268 g/mol. The van der Waals surface area contributed by atoms with E-state index in [1.165, 1.54) is 6.92 Å². The largest absolute Gasteiger partial charge is 1.00 e. The standard InChI is InChI=1S/C4H8F3N2O4S2.Li.H/c1-3-9(2)15(12,13)8-14(10,11)4(5,6)7;;/h3H2,1-2H3;;/q-1;+1;-1. The Hall–Kier alpha value is 0.207. The SMILES string of the molecule is CCN(C)S(=O)(=O)[N-]S(=O)(=O)C(F)(F)F.[H-].[Li+]. The predicted molar refractivity (Wildman–Crippen MR) is 46.7 cm³/mol. The van der Waals surface area contributed by atoms with Crippen LogP contribution in [0.4, 0.5) is 13.2 Å². The van der Waals surface area contributed by atoms with Crippen molar-refractivity contribution in [3.05, 3.63) is 4.13 Å². The molecule has 0 aliphatic heterocycles. The fourth-order valence-electron chi connectivity index (χ4n) is 0.386. The number of sulfonamides is 1. The van der Waals surface area contributed by atoms with Crippen molar-refractivity contribution in [2.75, 3.05) is 13.6 Å². The Kier molecular flexibility index (Phi) is 6.61. The Morgan fingerprint density at radius 1 is 1.25 bits per heavy atom. The van der Waals surface area contributed by atoms with Crippen LogP contribution in [-0.4, -0.2) is 40.2 Å². The maximum Gasteiger partial charge on any atom is 1.00 e. The summed E-state index contributed by atoms with van der Waals surface area (Å²) in [6, 6.07) is 0. The summed E-state index contributed by atoms with van der Waals surface area (Å²) >= 11 is 0. The van der Waals surface area contributed by atoms with Gasteiger partial charge in [0, 0.05) is 13.6 Å². The molecule has 0 unspecified atom stereocenters. The van der Waals surface area contributed by atoms with Gasteiger partial charge in [-0.3, -0.25) is 0 Å². The zero-order valence-electron chi connectivity index (χ0n) is 9.68. The van der Waals surface area contributed by atoms with Gasteiger partial charge in [0.25, 0.3) is 0 Å². The van der Waals surface area contributed by atoms with E-state index in [0.29, 0.717) is 4.31 Å². The quantitative estimate of drug-likeness (QED) is 0.533. The van der Waals surface area contributed by atoms with Crippen molar-refractivity contribution >= 4 is 20.2 Å². The molecule has 6 nitrogen and oxygen atoms in total. The van der Waals surface area contributed by atoms with Crippen LogP contribution in [0.5, 0.6) is 0 Å². The summed E-state index contributed by atoms with van der Waals surface area (Å²) in [4.78, 5) is 0. The van der Waals surface area contributed by atoms with E-state index in [0.717, 1.165) is 7.05 Å². The minimum Gasteiger partial charge on any atom is -1.00 e. The molecule has 0 bridgehead atoms. The van der Waals surface area contributed by atoms with Gasteiger partial charge < -0.3 is 5.55 Å². The molecule has 0 spiro atoms. The van der Waals surface area contributed by atoms with Crippen LogP contribution in [0.1, 0.15) is 8.35 Å². The Morgan fingerprint density at radius 2 is 1.62 bits per heavy atom. The van der Waals surface area contributed by atoms with Gasteiger partial charge >= 0.3 is 24.4 Å².